The Kier molecular flexibility index (Phi) is 3.65. The largest absolute Gasteiger partial charge is 0.345 e. The van der Waals surface area contributed by atoms with Gasteiger partial charge in [-0.25, -0.2) is 17.7 Å². The molecule has 0 saturated carbocycles. The zero-order chi connectivity index (χ0) is 16.9. The second-order valence-electron chi connectivity index (χ2n) is 6.62. The van der Waals surface area contributed by atoms with E-state index in [1.807, 2.05) is 18.5 Å². The number of H-pyrrole nitrogens is 1. The number of rotatable bonds is 3. The SMILES string of the molecule is CCS(=O)(=O)N1CC[C@@H](C)[C@@H](c2ccc3cnc4[nH]ccc4n23)C1. The summed E-state index contributed by atoms with van der Waals surface area (Å²) in [6, 6.07) is 6.20. The van der Waals surface area contributed by atoms with Gasteiger partial charge in [-0.2, -0.15) is 0 Å². The summed E-state index contributed by atoms with van der Waals surface area (Å²) in [5, 5.41) is 0. The molecule has 0 unspecified atom stereocenters. The molecule has 7 heteroatoms. The summed E-state index contributed by atoms with van der Waals surface area (Å²) >= 11 is 0. The second-order valence-corrected chi connectivity index (χ2v) is 8.88. The first-order chi connectivity index (χ1) is 11.5. The van der Waals surface area contributed by atoms with E-state index in [2.05, 4.69) is 33.4 Å². The number of aromatic amines is 1. The van der Waals surface area contributed by atoms with Gasteiger partial charge in [0.25, 0.3) is 0 Å². The molecule has 24 heavy (non-hydrogen) atoms. The number of sulfonamides is 1. The number of hydrogen-bond acceptors (Lipinski definition) is 3. The highest BCUT2D eigenvalue weighted by molar-refractivity contribution is 7.89. The molecule has 1 aliphatic rings. The van der Waals surface area contributed by atoms with Crippen molar-refractivity contribution in [3.8, 4) is 0 Å². The molecular weight excluding hydrogens is 324 g/mol. The first-order valence-electron chi connectivity index (χ1n) is 8.42. The van der Waals surface area contributed by atoms with E-state index in [1.54, 1.807) is 11.2 Å². The summed E-state index contributed by atoms with van der Waals surface area (Å²) in [5.74, 6) is 0.784. The quantitative estimate of drug-likeness (QED) is 0.792. The summed E-state index contributed by atoms with van der Waals surface area (Å²) < 4.78 is 28.5. The molecule has 0 spiro atoms. The van der Waals surface area contributed by atoms with E-state index >= 15 is 0 Å². The molecule has 1 aliphatic heterocycles. The van der Waals surface area contributed by atoms with Crippen molar-refractivity contribution in [2.75, 3.05) is 18.8 Å². The Morgan fingerprint density at radius 1 is 1.33 bits per heavy atom. The molecule has 0 amide bonds. The average Bonchev–Trinajstić information content (AvgIpc) is 3.20. The van der Waals surface area contributed by atoms with E-state index in [0.29, 0.717) is 19.0 Å². The van der Waals surface area contributed by atoms with Gasteiger partial charge in [-0.3, -0.25) is 0 Å². The van der Waals surface area contributed by atoms with Crippen LogP contribution in [0.5, 0.6) is 0 Å². The molecule has 1 N–H and O–H groups in total. The van der Waals surface area contributed by atoms with Crippen LogP contribution < -0.4 is 0 Å². The lowest BCUT2D eigenvalue weighted by Gasteiger charge is -2.36. The number of hydrogen-bond donors (Lipinski definition) is 1. The Morgan fingerprint density at radius 3 is 2.96 bits per heavy atom. The van der Waals surface area contributed by atoms with E-state index in [0.717, 1.165) is 23.1 Å². The van der Waals surface area contributed by atoms with Crippen molar-refractivity contribution in [3.05, 3.63) is 36.3 Å². The molecule has 1 saturated heterocycles. The number of nitrogens with zero attached hydrogens (tertiary/aromatic N) is 3. The lowest BCUT2D eigenvalue weighted by Crippen LogP contribution is -2.43. The smallest absolute Gasteiger partial charge is 0.213 e. The maximum Gasteiger partial charge on any atom is 0.213 e. The minimum absolute atomic E-state index is 0.162. The third-order valence-electron chi connectivity index (χ3n) is 5.27. The molecule has 3 aromatic rings. The van der Waals surface area contributed by atoms with Gasteiger partial charge in [-0.05, 0) is 37.5 Å². The summed E-state index contributed by atoms with van der Waals surface area (Å²) in [6.07, 6.45) is 4.63. The van der Waals surface area contributed by atoms with Gasteiger partial charge < -0.3 is 9.38 Å². The second kappa shape index (κ2) is 5.60. The van der Waals surface area contributed by atoms with E-state index in [4.69, 9.17) is 0 Å². The van der Waals surface area contributed by atoms with E-state index in [9.17, 15) is 8.42 Å². The first kappa shape index (κ1) is 15.7. The topological polar surface area (TPSA) is 70.5 Å². The Morgan fingerprint density at radius 2 is 2.17 bits per heavy atom. The molecule has 0 aromatic carbocycles. The summed E-state index contributed by atoms with van der Waals surface area (Å²) in [4.78, 5) is 7.58. The van der Waals surface area contributed by atoms with Gasteiger partial charge in [-0.1, -0.05) is 6.92 Å². The lowest BCUT2D eigenvalue weighted by atomic mass is 9.85. The predicted octanol–water partition coefficient (Wildman–Crippen LogP) is 2.59. The molecular formula is C17H22N4O2S. The third-order valence-corrected chi connectivity index (χ3v) is 7.12. The monoisotopic (exact) mass is 346 g/mol. The van der Waals surface area contributed by atoms with Crippen molar-refractivity contribution in [3.63, 3.8) is 0 Å². The molecule has 4 rings (SSSR count). The van der Waals surface area contributed by atoms with Crippen LogP contribution in [0.2, 0.25) is 0 Å². The van der Waals surface area contributed by atoms with Crippen molar-refractivity contribution < 1.29 is 8.42 Å². The summed E-state index contributed by atoms with van der Waals surface area (Å²) in [6.45, 7) is 5.11. The average molecular weight is 346 g/mol. The van der Waals surface area contributed by atoms with Crippen molar-refractivity contribution in [1.29, 1.82) is 0 Å². The van der Waals surface area contributed by atoms with E-state index in [1.165, 1.54) is 5.69 Å². The first-order valence-corrected chi connectivity index (χ1v) is 10.0. The molecule has 0 radical (unpaired) electrons. The molecule has 4 heterocycles. The van der Waals surface area contributed by atoms with Gasteiger partial charge in [0, 0.05) is 30.9 Å². The van der Waals surface area contributed by atoms with Crippen LogP contribution in [0.1, 0.15) is 31.9 Å². The van der Waals surface area contributed by atoms with Crippen LogP contribution in [0.4, 0.5) is 0 Å². The molecule has 128 valence electrons. The van der Waals surface area contributed by atoms with Crippen LogP contribution in [0.15, 0.2) is 30.6 Å². The number of piperidine rings is 1. The number of fused-ring (bicyclic) bond motifs is 3. The van der Waals surface area contributed by atoms with Crippen molar-refractivity contribution >= 4 is 26.7 Å². The fraction of sp³-hybridized carbons (Fsp3) is 0.471. The molecule has 2 atom stereocenters. The van der Waals surface area contributed by atoms with Crippen LogP contribution in [-0.4, -0.2) is 45.9 Å². The molecule has 1 fully saturated rings. The molecule has 6 nitrogen and oxygen atoms in total. The molecule has 0 aliphatic carbocycles. The fourth-order valence-electron chi connectivity index (χ4n) is 3.76. The van der Waals surface area contributed by atoms with E-state index in [-0.39, 0.29) is 11.7 Å². The highest BCUT2D eigenvalue weighted by Gasteiger charge is 2.34. The van der Waals surface area contributed by atoms with Gasteiger partial charge in [0.1, 0.15) is 0 Å². The Bertz CT molecular complexity index is 989. The normalized spacial score (nSPS) is 23.2. The minimum atomic E-state index is -3.15. The summed E-state index contributed by atoms with van der Waals surface area (Å²) in [7, 11) is -3.15. The van der Waals surface area contributed by atoms with Gasteiger partial charge in [0.05, 0.1) is 23.0 Å². The molecule has 0 bridgehead atoms. The number of aromatic nitrogens is 3. The standard InChI is InChI=1S/C17H22N4O2S/c1-3-24(22,23)20-9-7-12(2)14(11-20)15-5-4-13-10-19-17-16(21(13)15)6-8-18-17/h4-6,8,10,12,14,18H,3,7,9,11H2,1-2H3/t12-,14+/m1/s1. The van der Waals surface area contributed by atoms with Gasteiger partial charge in [-0.15, -0.1) is 0 Å². The summed E-state index contributed by atoms with van der Waals surface area (Å²) in [5.41, 5.74) is 4.09. The van der Waals surface area contributed by atoms with Crippen molar-refractivity contribution in [2.24, 2.45) is 5.92 Å². The maximum absolute atomic E-state index is 12.3. The Labute approximate surface area is 141 Å². The zero-order valence-electron chi connectivity index (χ0n) is 13.9. The third kappa shape index (κ3) is 2.34. The van der Waals surface area contributed by atoms with Crippen LogP contribution >= 0.6 is 0 Å². The van der Waals surface area contributed by atoms with Crippen LogP contribution in [0.25, 0.3) is 16.7 Å². The van der Waals surface area contributed by atoms with Crippen molar-refractivity contribution in [2.45, 2.75) is 26.2 Å². The highest BCUT2D eigenvalue weighted by atomic mass is 32.2. The lowest BCUT2D eigenvalue weighted by molar-refractivity contribution is 0.248. The Balaban J connectivity index is 1.82. The van der Waals surface area contributed by atoms with Crippen molar-refractivity contribution in [1.82, 2.24) is 18.7 Å². The highest BCUT2D eigenvalue weighted by Crippen LogP contribution is 2.35. The van der Waals surface area contributed by atoms with Crippen LogP contribution in [-0.2, 0) is 10.0 Å². The molecule has 3 aromatic heterocycles. The van der Waals surface area contributed by atoms with Gasteiger partial charge in [0.15, 0.2) is 5.65 Å². The maximum atomic E-state index is 12.3. The fourth-order valence-corrected chi connectivity index (χ4v) is 4.90. The predicted molar refractivity (Wildman–Crippen MR) is 94.6 cm³/mol. The van der Waals surface area contributed by atoms with Gasteiger partial charge >= 0.3 is 0 Å². The Hall–Kier alpha value is -1.86. The van der Waals surface area contributed by atoms with Crippen LogP contribution in [0, 0.1) is 5.92 Å². The minimum Gasteiger partial charge on any atom is -0.345 e. The zero-order valence-corrected chi connectivity index (χ0v) is 14.8. The van der Waals surface area contributed by atoms with Gasteiger partial charge in [0.2, 0.25) is 10.0 Å². The van der Waals surface area contributed by atoms with E-state index < -0.39 is 10.0 Å². The van der Waals surface area contributed by atoms with Crippen LogP contribution in [0.3, 0.4) is 0 Å². The number of nitrogens with one attached hydrogen (secondary N) is 1.